The largest absolute Gasteiger partial charge is 0.374 e. The quantitative estimate of drug-likeness (QED) is 0.839. The van der Waals surface area contributed by atoms with Crippen LogP contribution >= 0.6 is 11.8 Å². The van der Waals surface area contributed by atoms with E-state index in [4.69, 9.17) is 4.74 Å². The summed E-state index contributed by atoms with van der Waals surface area (Å²) in [4.78, 5) is 19.0. The van der Waals surface area contributed by atoms with Gasteiger partial charge in [-0.3, -0.25) is 9.89 Å². The Morgan fingerprint density at radius 2 is 2.32 bits per heavy atom. The van der Waals surface area contributed by atoms with Gasteiger partial charge in [0.05, 0.1) is 24.5 Å². The Morgan fingerprint density at radius 1 is 1.45 bits per heavy atom. The average molecular weight is 324 g/mol. The van der Waals surface area contributed by atoms with E-state index in [2.05, 4.69) is 22.1 Å². The van der Waals surface area contributed by atoms with E-state index in [1.165, 1.54) is 24.6 Å². The highest BCUT2D eigenvalue weighted by atomic mass is 32.2. The van der Waals surface area contributed by atoms with Crippen molar-refractivity contribution in [3.8, 4) is 0 Å². The Kier molecular flexibility index (Phi) is 5.36. The van der Waals surface area contributed by atoms with E-state index in [-0.39, 0.29) is 18.1 Å². The number of ether oxygens (including phenoxy) is 1. The van der Waals surface area contributed by atoms with E-state index in [9.17, 15) is 4.79 Å². The molecule has 1 saturated heterocycles. The van der Waals surface area contributed by atoms with Crippen LogP contribution < -0.4 is 0 Å². The van der Waals surface area contributed by atoms with Crippen LogP contribution in [0.25, 0.3) is 0 Å². The minimum atomic E-state index is 0.187. The molecular weight excluding hydrogens is 300 g/mol. The Balaban J connectivity index is 1.54. The number of nitrogens with zero attached hydrogens (tertiary/aromatic N) is 3. The Bertz CT molecular complexity index is 505. The highest BCUT2D eigenvalue weighted by Crippen LogP contribution is 2.29. The number of carbonyl (C=O) groups is 1. The second-order valence-corrected chi connectivity index (χ2v) is 6.89. The zero-order valence-electron chi connectivity index (χ0n) is 13.1. The topological polar surface area (TPSA) is 71.1 Å². The Hall–Kier alpha value is -1.08. The van der Waals surface area contributed by atoms with Gasteiger partial charge in [-0.2, -0.15) is 0 Å². The first-order valence-corrected chi connectivity index (χ1v) is 9.21. The third-order valence-corrected chi connectivity index (χ3v) is 5.21. The van der Waals surface area contributed by atoms with Gasteiger partial charge in [-0.25, -0.2) is 4.98 Å². The van der Waals surface area contributed by atoms with Crippen LogP contribution in [-0.2, 0) is 16.0 Å². The maximum Gasteiger partial charge on any atom is 0.233 e. The van der Waals surface area contributed by atoms with Crippen molar-refractivity contribution in [2.24, 2.45) is 0 Å². The summed E-state index contributed by atoms with van der Waals surface area (Å²) < 4.78 is 5.82. The van der Waals surface area contributed by atoms with Gasteiger partial charge in [-0.05, 0) is 19.3 Å². The molecule has 1 aliphatic heterocycles. The van der Waals surface area contributed by atoms with Gasteiger partial charge in [0.2, 0.25) is 11.1 Å². The third kappa shape index (κ3) is 3.63. The normalized spacial score (nSPS) is 25.0. The van der Waals surface area contributed by atoms with E-state index in [1.807, 2.05) is 4.90 Å². The van der Waals surface area contributed by atoms with Crippen LogP contribution in [0.1, 0.15) is 44.9 Å². The van der Waals surface area contributed by atoms with Crippen molar-refractivity contribution in [1.29, 1.82) is 0 Å². The summed E-state index contributed by atoms with van der Waals surface area (Å²) in [5, 5.41) is 7.76. The first kappa shape index (κ1) is 15.8. The molecule has 0 aromatic carbocycles. The number of hydrogen-bond donors (Lipinski definition) is 1. The summed E-state index contributed by atoms with van der Waals surface area (Å²) in [5.41, 5.74) is 0. The van der Waals surface area contributed by atoms with Crippen LogP contribution in [-0.4, -0.2) is 57.0 Å². The fraction of sp³-hybridized carbons (Fsp3) is 0.800. The van der Waals surface area contributed by atoms with E-state index in [0.717, 1.165) is 38.1 Å². The maximum atomic E-state index is 12.5. The predicted octanol–water partition coefficient (Wildman–Crippen LogP) is 2.02. The lowest BCUT2D eigenvalue weighted by Gasteiger charge is -2.43. The molecule has 1 N–H and O–H groups in total. The molecule has 122 valence electrons. The number of carbonyl (C=O) groups excluding carboxylic acids is 1. The van der Waals surface area contributed by atoms with Gasteiger partial charge in [-0.1, -0.05) is 31.5 Å². The molecule has 0 spiro atoms. The van der Waals surface area contributed by atoms with E-state index < -0.39 is 0 Å². The van der Waals surface area contributed by atoms with E-state index in [1.54, 1.807) is 0 Å². The molecule has 1 aromatic heterocycles. The lowest BCUT2D eigenvalue weighted by molar-refractivity contribution is -0.146. The summed E-state index contributed by atoms with van der Waals surface area (Å²) in [5.74, 6) is 1.50. The number of morpholine rings is 1. The Morgan fingerprint density at radius 3 is 3.18 bits per heavy atom. The second kappa shape index (κ2) is 7.46. The van der Waals surface area contributed by atoms with Crippen LogP contribution in [0.5, 0.6) is 0 Å². The van der Waals surface area contributed by atoms with Crippen LogP contribution in [0.3, 0.4) is 0 Å². The molecule has 22 heavy (non-hydrogen) atoms. The van der Waals surface area contributed by atoms with Crippen LogP contribution in [0.2, 0.25) is 0 Å². The third-order valence-electron chi connectivity index (χ3n) is 4.38. The fourth-order valence-electron chi connectivity index (χ4n) is 3.31. The number of H-pyrrole nitrogens is 1. The van der Waals surface area contributed by atoms with Crippen molar-refractivity contribution in [3.05, 3.63) is 5.82 Å². The summed E-state index contributed by atoms with van der Waals surface area (Å²) in [6.45, 7) is 3.49. The number of rotatable bonds is 5. The van der Waals surface area contributed by atoms with Gasteiger partial charge >= 0.3 is 0 Å². The summed E-state index contributed by atoms with van der Waals surface area (Å²) in [7, 11) is 0. The minimum Gasteiger partial charge on any atom is -0.374 e. The average Bonchev–Trinajstić information content (AvgIpc) is 3.00. The molecule has 6 nitrogen and oxygen atoms in total. The molecule has 1 amide bonds. The molecule has 2 unspecified atom stereocenters. The number of amides is 1. The highest BCUT2D eigenvalue weighted by molar-refractivity contribution is 7.99. The molecule has 2 atom stereocenters. The standard InChI is InChI=1S/C15H24N4O2S/c1-2-5-13-16-15(18-17-13)22-10-14(20)19-8-9-21-12-7-4-3-6-11(12)19/h11-12H,2-10H2,1H3,(H,16,17,18). The van der Waals surface area contributed by atoms with Crippen LogP contribution in [0.4, 0.5) is 0 Å². The van der Waals surface area contributed by atoms with Crippen molar-refractivity contribution in [2.45, 2.75) is 62.8 Å². The van der Waals surface area contributed by atoms with Crippen LogP contribution in [0, 0.1) is 0 Å². The summed E-state index contributed by atoms with van der Waals surface area (Å²) in [6.07, 6.45) is 6.75. The molecule has 2 fully saturated rings. The molecular formula is C15H24N4O2S. The van der Waals surface area contributed by atoms with Crippen molar-refractivity contribution in [1.82, 2.24) is 20.1 Å². The SMILES string of the molecule is CCCc1nc(SCC(=O)N2CCOC3CCCCC32)n[nH]1. The molecule has 3 rings (SSSR count). The number of aromatic nitrogens is 3. The molecule has 2 heterocycles. The van der Waals surface area contributed by atoms with Gasteiger partial charge in [0.15, 0.2) is 0 Å². The highest BCUT2D eigenvalue weighted by Gasteiger charge is 2.36. The maximum absolute atomic E-state index is 12.5. The van der Waals surface area contributed by atoms with Gasteiger partial charge in [0, 0.05) is 13.0 Å². The fourth-order valence-corrected chi connectivity index (χ4v) is 4.01. The second-order valence-electron chi connectivity index (χ2n) is 5.95. The number of fused-ring (bicyclic) bond motifs is 1. The molecule has 0 bridgehead atoms. The number of thioether (sulfide) groups is 1. The van der Waals surface area contributed by atoms with Crippen molar-refractivity contribution in [3.63, 3.8) is 0 Å². The van der Waals surface area contributed by atoms with Crippen molar-refractivity contribution < 1.29 is 9.53 Å². The zero-order chi connectivity index (χ0) is 15.4. The molecule has 1 aliphatic carbocycles. The van der Waals surface area contributed by atoms with Crippen molar-refractivity contribution >= 4 is 17.7 Å². The molecule has 0 radical (unpaired) electrons. The summed E-state index contributed by atoms with van der Waals surface area (Å²) >= 11 is 1.42. The van der Waals surface area contributed by atoms with E-state index >= 15 is 0 Å². The van der Waals surface area contributed by atoms with Gasteiger partial charge < -0.3 is 9.64 Å². The number of aromatic amines is 1. The van der Waals surface area contributed by atoms with Crippen LogP contribution in [0.15, 0.2) is 5.16 Å². The molecule has 1 saturated carbocycles. The lowest BCUT2D eigenvalue weighted by Crippen LogP contribution is -2.55. The van der Waals surface area contributed by atoms with Gasteiger partial charge in [0.1, 0.15) is 5.82 Å². The lowest BCUT2D eigenvalue weighted by atomic mass is 9.90. The van der Waals surface area contributed by atoms with Gasteiger partial charge in [0.25, 0.3) is 0 Å². The van der Waals surface area contributed by atoms with Crippen molar-refractivity contribution in [2.75, 3.05) is 18.9 Å². The Labute approximate surface area is 135 Å². The number of aryl methyl sites for hydroxylation is 1. The van der Waals surface area contributed by atoms with Gasteiger partial charge in [-0.15, -0.1) is 5.10 Å². The van der Waals surface area contributed by atoms with E-state index in [0.29, 0.717) is 17.5 Å². The first-order valence-electron chi connectivity index (χ1n) is 8.23. The smallest absolute Gasteiger partial charge is 0.233 e. The minimum absolute atomic E-state index is 0.187. The predicted molar refractivity (Wildman–Crippen MR) is 84.8 cm³/mol. The first-order chi connectivity index (χ1) is 10.8. The molecule has 7 heteroatoms. The number of nitrogens with one attached hydrogen (secondary N) is 1. The monoisotopic (exact) mass is 324 g/mol. The number of hydrogen-bond acceptors (Lipinski definition) is 5. The summed E-state index contributed by atoms with van der Waals surface area (Å²) in [6, 6.07) is 0.276. The molecule has 1 aromatic rings. The molecule has 2 aliphatic rings. The zero-order valence-corrected chi connectivity index (χ0v) is 13.9.